The molecule has 2 atom stereocenters. The minimum absolute atomic E-state index is 0.0242. The number of carbonyl (C=O) groups excluding carboxylic acids is 1. The van der Waals surface area contributed by atoms with Crippen LogP contribution in [0.3, 0.4) is 0 Å². The molecule has 1 amide bonds. The molecule has 164 valence electrons. The van der Waals surface area contributed by atoms with Gasteiger partial charge >= 0.3 is 0 Å². The number of fused-ring (bicyclic) bond motifs is 1. The van der Waals surface area contributed by atoms with Crippen LogP contribution in [0, 0.1) is 6.92 Å². The maximum absolute atomic E-state index is 13.2. The Balaban J connectivity index is 1.59. The van der Waals surface area contributed by atoms with Gasteiger partial charge in [0.15, 0.2) is 21.2 Å². The van der Waals surface area contributed by atoms with E-state index in [-0.39, 0.29) is 29.6 Å². The second kappa shape index (κ2) is 7.76. The number of pyridine rings is 1. The molecule has 2 aliphatic heterocycles. The Kier molecular flexibility index (Phi) is 5.05. The average Bonchev–Trinajstić information content (AvgIpc) is 3.53. The summed E-state index contributed by atoms with van der Waals surface area (Å²) in [5, 5.41) is 8.19. The van der Waals surface area contributed by atoms with Gasteiger partial charge in [0.25, 0.3) is 5.91 Å². The van der Waals surface area contributed by atoms with Crippen molar-refractivity contribution in [2.45, 2.75) is 38.3 Å². The SMILES string of the molecule is Cc1nn([C@H]2CCS(=O)(=O)C2)c2nc(-c3ccco3)cc(C(=O)NC[C@H]3CCCO3)c12. The fourth-order valence-corrected chi connectivity index (χ4v) is 6.06. The predicted octanol–water partition coefficient (Wildman–Crippen LogP) is 2.27. The quantitative estimate of drug-likeness (QED) is 0.642. The number of sulfone groups is 1. The Morgan fingerprint density at radius 1 is 1.35 bits per heavy atom. The van der Waals surface area contributed by atoms with E-state index in [1.165, 1.54) is 0 Å². The summed E-state index contributed by atoms with van der Waals surface area (Å²) in [4.78, 5) is 17.9. The van der Waals surface area contributed by atoms with Gasteiger partial charge in [-0.3, -0.25) is 4.79 Å². The van der Waals surface area contributed by atoms with Crippen LogP contribution in [0.5, 0.6) is 0 Å². The van der Waals surface area contributed by atoms with Crippen LogP contribution in [0.2, 0.25) is 0 Å². The number of hydrogen-bond acceptors (Lipinski definition) is 7. The lowest BCUT2D eigenvalue weighted by Crippen LogP contribution is -2.32. The minimum Gasteiger partial charge on any atom is -0.463 e. The minimum atomic E-state index is -3.10. The van der Waals surface area contributed by atoms with Crippen LogP contribution in [0.4, 0.5) is 0 Å². The lowest BCUT2D eigenvalue weighted by Gasteiger charge is -2.13. The molecular weight excluding hydrogens is 420 g/mol. The van der Waals surface area contributed by atoms with Gasteiger partial charge in [0.05, 0.1) is 46.6 Å². The third kappa shape index (κ3) is 3.85. The Morgan fingerprint density at radius 3 is 2.90 bits per heavy atom. The van der Waals surface area contributed by atoms with Gasteiger partial charge in [-0.1, -0.05) is 0 Å². The largest absolute Gasteiger partial charge is 0.463 e. The summed E-state index contributed by atoms with van der Waals surface area (Å²) in [6, 6.07) is 4.93. The van der Waals surface area contributed by atoms with Gasteiger partial charge in [0.1, 0.15) is 5.69 Å². The van der Waals surface area contributed by atoms with Crippen LogP contribution in [-0.2, 0) is 14.6 Å². The molecule has 0 aromatic carbocycles. The number of carbonyl (C=O) groups is 1. The number of rotatable bonds is 5. The zero-order chi connectivity index (χ0) is 21.6. The molecule has 5 heterocycles. The van der Waals surface area contributed by atoms with E-state index >= 15 is 0 Å². The number of aromatic nitrogens is 3. The Bertz CT molecular complexity index is 1230. The third-order valence-corrected chi connectivity index (χ3v) is 7.67. The summed E-state index contributed by atoms with van der Waals surface area (Å²) in [7, 11) is -3.10. The van der Waals surface area contributed by atoms with Gasteiger partial charge in [-0.2, -0.15) is 5.10 Å². The molecule has 0 unspecified atom stereocenters. The van der Waals surface area contributed by atoms with Crippen molar-refractivity contribution < 1.29 is 22.4 Å². The van der Waals surface area contributed by atoms with Crippen molar-refractivity contribution in [1.29, 1.82) is 0 Å². The summed E-state index contributed by atoms with van der Waals surface area (Å²) in [5.41, 5.74) is 2.08. The van der Waals surface area contributed by atoms with E-state index in [2.05, 4.69) is 10.4 Å². The molecule has 0 bridgehead atoms. The van der Waals surface area contributed by atoms with E-state index in [1.807, 2.05) is 6.92 Å². The Morgan fingerprint density at radius 2 is 2.23 bits per heavy atom. The Hall–Kier alpha value is -2.72. The first-order valence-electron chi connectivity index (χ1n) is 10.5. The molecule has 0 saturated carbocycles. The van der Waals surface area contributed by atoms with E-state index < -0.39 is 9.84 Å². The first kappa shape index (κ1) is 20.2. The monoisotopic (exact) mass is 444 g/mol. The molecule has 10 heteroatoms. The average molecular weight is 445 g/mol. The maximum Gasteiger partial charge on any atom is 0.252 e. The summed E-state index contributed by atoms with van der Waals surface area (Å²) < 4.78 is 36.9. The zero-order valence-electron chi connectivity index (χ0n) is 17.2. The van der Waals surface area contributed by atoms with E-state index in [0.29, 0.717) is 46.7 Å². The third-order valence-electron chi connectivity index (χ3n) is 5.92. The van der Waals surface area contributed by atoms with Gasteiger partial charge in [-0.25, -0.2) is 18.1 Å². The number of aryl methyl sites for hydroxylation is 1. The fraction of sp³-hybridized carbons (Fsp3) is 0.476. The number of amides is 1. The second-order valence-electron chi connectivity index (χ2n) is 8.16. The molecule has 1 N–H and O–H groups in total. The van der Waals surface area contributed by atoms with E-state index in [4.69, 9.17) is 14.1 Å². The summed E-state index contributed by atoms with van der Waals surface area (Å²) in [5.74, 6) is 0.443. The van der Waals surface area contributed by atoms with Crippen molar-refractivity contribution in [2.24, 2.45) is 0 Å². The van der Waals surface area contributed by atoms with Gasteiger partial charge in [0.2, 0.25) is 0 Å². The lowest BCUT2D eigenvalue weighted by molar-refractivity contribution is 0.0859. The van der Waals surface area contributed by atoms with E-state index in [1.54, 1.807) is 29.1 Å². The van der Waals surface area contributed by atoms with Crippen LogP contribution in [0.25, 0.3) is 22.5 Å². The standard InChI is InChI=1S/C21H24N4O5S/c1-13-19-16(21(26)22-11-15-4-2-7-29-15)10-17(18-5-3-8-30-18)23-20(19)25(24-13)14-6-9-31(27,28)12-14/h3,5,8,10,14-15H,2,4,6-7,9,11-12H2,1H3,(H,22,26)/t14-,15+/m0/s1. The number of furan rings is 1. The van der Waals surface area contributed by atoms with Gasteiger partial charge in [-0.15, -0.1) is 0 Å². The van der Waals surface area contributed by atoms with Crippen LogP contribution >= 0.6 is 0 Å². The topological polar surface area (TPSA) is 116 Å². The van der Waals surface area contributed by atoms with E-state index in [9.17, 15) is 13.2 Å². The van der Waals surface area contributed by atoms with Crippen molar-refractivity contribution in [3.8, 4) is 11.5 Å². The van der Waals surface area contributed by atoms with Crippen LogP contribution in [-0.4, -0.2) is 59.9 Å². The predicted molar refractivity (Wildman–Crippen MR) is 114 cm³/mol. The molecule has 31 heavy (non-hydrogen) atoms. The number of ether oxygens (including phenoxy) is 1. The normalized spacial score (nSPS) is 22.9. The van der Waals surface area contributed by atoms with Crippen molar-refractivity contribution >= 4 is 26.8 Å². The Labute approximate surface area is 179 Å². The van der Waals surface area contributed by atoms with Gasteiger partial charge in [-0.05, 0) is 44.4 Å². The molecule has 0 radical (unpaired) electrons. The molecule has 0 aliphatic carbocycles. The summed E-state index contributed by atoms with van der Waals surface area (Å²) in [6.45, 7) is 2.97. The molecule has 2 saturated heterocycles. The second-order valence-corrected chi connectivity index (χ2v) is 10.4. The molecule has 2 fully saturated rings. The fourth-order valence-electron chi connectivity index (χ4n) is 4.37. The number of nitrogens with one attached hydrogen (secondary N) is 1. The zero-order valence-corrected chi connectivity index (χ0v) is 18.0. The molecule has 3 aromatic heterocycles. The first-order chi connectivity index (χ1) is 14.9. The highest BCUT2D eigenvalue weighted by atomic mass is 32.2. The molecule has 5 rings (SSSR count). The summed E-state index contributed by atoms with van der Waals surface area (Å²) in [6.07, 6.45) is 3.98. The number of nitrogens with zero attached hydrogens (tertiary/aromatic N) is 3. The van der Waals surface area contributed by atoms with Gasteiger partial charge < -0.3 is 14.5 Å². The highest BCUT2D eigenvalue weighted by Gasteiger charge is 2.32. The van der Waals surface area contributed by atoms with Crippen molar-refractivity contribution in [3.63, 3.8) is 0 Å². The molecule has 2 aliphatic rings. The van der Waals surface area contributed by atoms with E-state index in [0.717, 1.165) is 19.4 Å². The van der Waals surface area contributed by atoms with Crippen LogP contribution < -0.4 is 5.32 Å². The lowest BCUT2D eigenvalue weighted by atomic mass is 10.1. The highest BCUT2D eigenvalue weighted by molar-refractivity contribution is 7.91. The molecule has 0 spiro atoms. The highest BCUT2D eigenvalue weighted by Crippen LogP contribution is 2.32. The number of hydrogen-bond donors (Lipinski definition) is 1. The van der Waals surface area contributed by atoms with Crippen molar-refractivity contribution in [1.82, 2.24) is 20.1 Å². The van der Waals surface area contributed by atoms with Crippen molar-refractivity contribution in [2.75, 3.05) is 24.7 Å². The maximum atomic E-state index is 13.2. The summed E-state index contributed by atoms with van der Waals surface area (Å²) >= 11 is 0. The first-order valence-corrected chi connectivity index (χ1v) is 12.3. The molecular formula is C21H24N4O5S. The van der Waals surface area contributed by atoms with Crippen LogP contribution in [0.1, 0.15) is 41.4 Å². The van der Waals surface area contributed by atoms with Crippen LogP contribution in [0.15, 0.2) is 28.9 Å². The smallest absolute Gasteiger partial charge is 0.252 e. The molecule has 3 aromatic rings. The molecule has 9 nitrogen and oxygen atoms in total. The van der Waals surface area contributed by atoms with Crippen molar-refractivity contribution in [3.05, 3.63) is 35.7 Å². The van der Waals surface area contributed by atoms with Gasteiger partial charge in [0, 0.05) is 13.2 Å².